The zero-order valence-electron chi connectivity index (χ0n) is 17.0. The second-order valence-corrected chi connectivity index (χ2v) is 7.75. The molecule has 1 amide bonds. The van der Waals surface area contributed by atoms with Crippen LogP contribution in [-0.4, -0.2) is 46.1 Å². The van der Waals surface area contributed by atoms with E-state index in [-0.39, 0.29) is 11.5 Å². The van der Waals surface area contributed by atoms with Crippen LogP contribution in [0, 0.1) is 5.82 Å². The van der Waals surface area contributed by atoms with E-state index in [9.17, 15) is 14.0 Å². The van der Waals surface area contributed by atoms with Crippen molar-refractivity contribution in [2.45, 2.75) is 18.8 Å². The molecule has 1 N–H and O–H groups in total. The maximum absolute atomic E-state index is 14.9. The number of aromatic nitrogens is 3. The number of likely N-dealkylation sites (tertiary alicyclic amines) is 1. The van der Waals surface area contributed by atoms with Crippen molar-refractivity contribution in [3.8, 4) is 16.9 Å². The van der Waals surface area contributed by atoms with Gasteiger partial charge in [0.05, 0.1) is 29.3 Å². The lowest BCUT2D eigenvalue weighted by Gasteiger charge is -2.29. The molecular formula is C23H21FN4O3. The fourth-order valence-corrected chi connectivity index (χ4v) is 4.52. The first-order valence-electron chi connectivity index (χ1n) is 10.2. The van der Waals surface area contributed by atoms with Gasteiger partial charge >= 0.3 is 0 Å². The van der Waals surface area contributed by atoms with Crippen LogP contribution in [0.1, 0.15) is 24.5 Å². The van der Waals surface area contributed by atoms with Gasteiger partial charge in [0, 0.05) is 30.6 Å². The van der Waals surface area contributed by atoms with Crippen molar-refractivity contribution in [3.63, 3.8) is 0 Å². The maximum Gasteiger partial charge on any atom is 0.251 e. The molecule has 1 aliphatic heterocycles. The van der Waals surface area contributed by atoms with Crippen LogP contribution in [0.4, 0.5) is 4.39 Å². The van der Waals surface area contributed by atoms with Crippen molar-refractivity contribution in [1.29, 1.82) is 0 Å². The Kier molecular flexibility index (Phi) is 4.69. The summed E-state index contributed by atoms with van der Waals surface area (Å²) < 4.78 is 22.0. The van der Waals surface area contributed by atoms with E-state index in [1.54, 1.807) is 33.7 Å². The number of halogens is 1. The van der Waals surface area contributed by atoms with Crippen LogP contribution in [0.5, 0.6) is 5.75 Å². The van der Waals surface area contributed by atoms with Crippen LogP contribution >= 0.6 is 0 Å². The molecule has 5 rings (SSSR count). The topological polar surface area (TPSA) is 79.7 Å². The van der Waals surface area contributed by atoms with Crippen molar-refractivity contribution < 1.29 is 13.9 Å². The Morgan fingerprint density at radius 3 is 2.71 bits per heavy atom. The predicted molar refractivity (Wildman–Crippen MR) is 115 cm³/mol. The average molecular weight is 420 g/mol. The normalized spacial score (nSPS) is 15.0. The number of nitrogens with zero attached hydrogens (tertiary/aromatic N) is 3. The van der Waals surface area contributed by atoms with Gasteiger partial charge in [0.25, 0.3) is 5.56 Å². The van der Waals surface area contributed by atoms with Gasteiger partial charge in [0.1, 0.15) is 17.2 Å². The number of piperidine rings is 1. The van der Waals surface area contributed by atoms with Gasteiger partial charge in [-0.3, -0.25) is 9.59 Å². The van der Waals surface area contributed by atoms with Crippen LogP contribution in [0.25, 0.3) is 27.7 Å². The van der Waals surface area contributed by atoms with Gasteiger partial charge in [-0.1, -0.05) is 18.2 Å². The summed E-state index contributed by atoms with van der Waals surface area (Å²) in [6.45, 7) is 1.28. The molecule has 2 aromatic heterocycles. The van der Waals surface area contributed by atoms with Crippen LogP contribution in [0.15, 0.2) is 47.3 Å². The zero-order chi connectivity index (χ0) is 21.5. The quantitative estimate of drug-likeness (QED) is 0.514. The van der Waals surface area contributed by atoms with Gasteiger partial charge in [-0.25, -0.2) is 8.91 Å². The molecule has 0 unspecified atom stereocenters. The molecule has 2 aromatic carbocycles. The fourth-order valence-electron chi connectivity index (χ4n) is 4.52. The molecule has 7 nitrogen and oxygen atoms in total. The number of hydrogen-bond acceptors (Lipinski definition) is 4. The van der Waals surface area contributed by atoms with E-state index < -0.39 is 5.82 Å². The third kappa shape index (κ3) is 3.15. The van der Waals surface area contributed by atoms with Crippen molar-refractivity contribution >= 4 is 23.0 Å². The molecule has 0 atom stereocenters. The first-order valence-corrected chi connectivity index (χ1v) is 10.2. The predicted octanol–water partition coefficient (Wildman–Crippen LogP) is 3.33. The molecule has 4 aromatic rings. The summed E-state index contributed by atoms with van der Waals surface area (Å²) in [5, 5.41) is 5.40. The largest absolute Gasteiger partial charge is 0.496 e. The number of amides is 1. The highest BCUT2D eigenvalue weighted by Crippen LogP contribution is 2.38. The Hall–Kier alpha value is -3.68. The summed E-state index contributed by atoms with van der Waals surface area (Å²) in [4.78, 5) is 28.3. The van der Waals surface area contributed by atoms with Crippen LogP contribution in [0.3, 0.4) is 0 Å². The van der Waals surface area contributed by atoms with E-state index in [1.165, 1.54) is 13.2 Å². The number of H-pyrrole nitrogens is 1. The van der Waals surface area contributed by atoms with Gasteiger partial charge in [0.2, 0.25) is 6.41 Å². The van der Waals surface area contributed by atoms with Gasteiger partial charge < -0.3 is 14.6 Å². The first kappa shape index (κ1) is 19.3. The number of aromatic amines is 1. The number of carbonyl (C=O) groups is 1. The highest BCUT2D eigenvalue weighted by Gasteiger charge is 2.25. The van der Waals surface area contributed by atoms with Crippen LogP contribution in [0.2, 0.25) is 0 Å². The minimum atomic E-state index is -0.411. The Morgan fingerprint density at radius 2 is 1.97 bits per heavy atom. The molecule has 0 bridgehead atoms. The SMILES string of the molecule is COc1cccc(F)c1-c1cccc2nn3c(C4CCN(C=O)CC4)cc(=O)[nH]c3c12. The minimum absolute atomic E-state index is 0.0989. The number of rotatable bonds is 4. The zero-order valence-corrected chi connectivity index (χ0v) is 17.0. The number of ether oxygens (including phenoxy) is 1. The Labute approximate surface area is 177 Å². The lowest BCUT2D eigenvalue weighted by molar-refractivity contribution is -0.119. The van der Waals surface area contributed by atoms with E-state index in [0.29, 0.717) is 46.5 Å². The van der Waals surface area contributed by atoms with E-state index in [2.05, 4.69) is 4.98 Å². The van der Waals surface area contributed by atoms with E-state index in [0.717, 1.165) is 24.9 Å². The van der Waals surface area contributed by atoms with Crippen molar-refractivity contribution in [2.75, 3.05) is 20.2 Å². The monoisotopic (exact) mass is 420 g/mol. The summed E-state index contributed by atoms with van der Waals surface area (Å²) >= 11 is 0. The van der Waals surface area contributed by atoms with Crippen molar-refractivity contribution in [2.24, 2.45) is 0 Å². The third-order valence-corrected chi connectivity index (χ3v) is 6.03. The van der Waals surface area contributed by atoms with Crippen LogP contribution in [-0.2, 0) is 4.79 Å². The lowest BCUT2D eigenvalue weighted by Crippen LogP contribution is -2.32. The molecular weight excluding hydrogens is 399 g/mol. The second-order valence-electron chi connectivity index (χ2n) is 7.75. The van der Waals surface area contributed by atoms with Gasteiger partial charge in [-0.15, -0.1) is 0 Å². The number of fused-ring (bicyclic) bond motifs is 3. The molecule has 0 radical (unpaired) electrons. The van der Waals surface area contributed by atoms with E-state index in [4.69, 9.17) is 9.84 Å². The van der Waals surface area contributed by atoms with E-state index in [1.807, 2.05) is 12.1 Å². The summed E-state index contributed by atoms with van der Waals surface area (Å²) in [6.07, 6.45) is 2.36. The molecule has 158 valence electrons. The maximum atomic E-state index is 14.9. The molecule has 8 heteroatoms. The molecule has 1 aliphatic rings. The van der Waals surface area contributed by atoms with Crippen molar-refractivity contribution in [1.82, 2.24) is 19.5 Å². The summed E-state index contributed by atoms with van der Waals surface area (Å²) in [6, 6.07) is 11.7. The molecule has 0 spiro atoms. The lowest BCUT2D eigenvalue weighted by atomic mass is 9.93. The Balaban J connectivity index is 1.76. The Bertz CT molecular complexity index is 1350. The second kappa shape index (κ2) is 7.54. The number of nitrogens with one attached hydrogen (secondary N) is 1. The summed E-state index contributed by atoms with van der Waals surface area (Å²) in [5.41, 5.74) is 2.67. The number of carbonyl (C=O) groups excluding carboxylic acids is 1. The smallest absolute Gasteiger partial charge is 0.251 e. The van der Waals surface area contributed by atoms with Gasteiger partial charge in [-0.2, -0.15) is 5.10 Å². The Morgan fingerprint density at radius 1 is 1.19 bits per heavy atom. The van der Waals surface area contributed by atoms with Gasteiger partial charge in [0.15, 0.2) is 0 Å². The first-order chi connectivity index (χ1) is 15.1. The molecule has 31 heavy (non-hydrogen) atoms. The molecule has 0 aliphatic carbocycles. The third-order valence-electron chi connectivity index (χ3n) is 6.03. The van der Waals surface area contributed by atoms with Crippen LogP contribution < -0.4 is 10.3 Å². The number of methoxy groups -OCH3 is 1. The summed E-state index contributed by atoms with van der Waals surface area (Å²) in [5.74, 6) is 0.0966. The average Bonchev–Trinajstić information content (AvgIpc) is 3.17. The standard InChI is InChI=1S/C23H21FN4O3/c1-31-19-7-3-5-16(24)21(19)15-4-2-6-17-22(15)23-25-20(30)12-18(28(23)26-17)14-8-10-27(13-29)11-9-14/h2-7,12-14H,8-11H2,1H3,(H,25,30). The van der Waals surface area contributed by atoms with E-state index >= 15 is 0 Å². The molecule has 0 saturated carbocycles. The number of hydrogen-bond donors (Lipinski definition) is 1. The fraction of sp³-hybridized carbons (Fsp3) is 0.261. The van der Waals surface area contributed by atoms with Gasteiger partial charge in [-0.05, 0) is 31.0 Å². The number of benzene rings is 2. The minimum Gasteiger partial charge on any atom is -0.496 e. The van der Waals surface area contributed by atoms with Crippen molar-refractivity contribution in [3.05, 3.63) is 64.3 Å². The highest BCUT2D eigenvalue weighted by molar-refractivity contribution is 6.05. The summed E-state index contributed by atoms with van der Waals surface area (Å²) in [7, 11) is 1.50. The highest BCUT2D eigenvalue weighted by atomic mass is 19.1. The molecule has 3 heterocycles. The molecule has 1 fully saturated rings. The molecule has 1 saturated heterocycles.